The fraction of sp³-hybridized carbons (Fsp3) is 0.800. The van der Waals surface area contributed by atoms with Gasteiger partial charge in [-0.2, -0.15) is 5.26 Å². The van der Waals surface area contributed by atoms with Crippen LogP contribution in [0, 0.1) is 16.7 Å². The normalized spacial score (nSPS) is 40.8. The van der Waals surface area contributed by atoms with Crippen molar-refractivity contribution in [2.45, 2.75) is 16.6 Å². The van der Waals surface area contributed by atoms with Gasteiger partial charge in [0.25, 0.3) is 0 Å². The Morgan fingerprint density at radius 3 is 2.00 bits per heavy atom. The van der Waals surface area contributed by atoms with Crippen LogP contribution >= 0.6 is 31.9 Å². The first-order valence-corrected chi connectivity index (χ1v) is 3.89. The minimum absolute atomic E-state index is 0.0816. The molecule has 0 aromatic heterocycles. The van der Waals surface area contributed by atoms with E-state index in [0.29, 0.717) is 0 Å². The van der Waals surface area contributed by atoms with E-state index >= 15 is 0 Å². The number of hydrogen-bond donors (Lipinski definition) is 0. The maximum absolute atomic E-state index is 8.49. The predicted molar refractivity (Wildman–Crippen MR) is 38.9 cm³/mol. The third kappa shape index (κ3) is 0.708. The lowest BCUT2D eigenvalue weighted by Crippen LogP contribution is -1.97. The summed E-state index contributed by atoms with van der Waals surface area (Å²) in [6, 6.07) is 2.21. The van der Waals surface area contributed by atoms with Crippen molar-refractivity contribution in [2.75, 3.05) is 0 Å². The van der Waals surface area contributed by atoms with Crippen LogP contribution in [0.5, 0.6) is 0 Å². The van der Waals surface area contributed by atoms with Gasteiger partial charge in [0.05, 0.1) is 11.5 Å². The molecule has 1 atom stereocenters. The molecule has 1 rings (SSSR count). The zero-order chi connectivity index (χ0) is 6.41. The molecule has 0 aromatic rings. The minimum atomic E-state index is -0.174. The van der Waals surface area contributed by atoms with Gasteiger partial charge in [0.2, 0.25) is 0 Å². The molecule has 1 aliphatic rings. The molecule has 0 saturated heterocycles. The Balaban J connectivity index is 2.72. The highest BCUT2D eigenvalue weighted by molar-refractivity contribution is 9.25. The molecule has 0 amide bonds. The van der Waals surface area contributed by atoms with Gasteiger partial charge in [-0.1, -0.05) is 31.9 Å². The molecule has 1 nitrogen and oxygen atoms in total. The van der Waals surface area contributed by atoms with Crippen molar-refractivity contribution in [3.05, 3.63) is 0 Å². The number of nitrogens with zero attached hydrogens (tertiary/aromatic N) is 1. The average molecular weight is 239 g/mol. The van der Waals surface area contributed by atoms with Gasteiger partial charge in [0.1, 0.15) is 3.23 Å². The molecular formula is C5H5Br2N. The predicted octanol–water partition coefficient (Wildman–Crippen LogP) is 2.41. The third-order valence-electron chi connectivity index (χ3n) is 1.50. The van der Waals surface area contributed by atoms with Crippen LogP contribution in [0.15, 0.2) is 0 Å². The zero-order valence-corrected chi connectivity index (χ0v) is 7.58. The fourth-order valence-electron chi connectivity index (χ4n) is 0.521. The number of hydrogen-bond acceptors (Lipinski definition) is 1. The van der Waals surface area contributed by atoms with Crippen LogP contribution in [0.4, 0.5) is 0 Å². The smallest absolute Gasteiger partial charge is 0.100 e. The summed E-state index contributed by atoms with van der Waals surface area (Å²) in [4.78, 5) is 0. The molecule has 0 unspecified atom stereocenters. The van der Waals surface area contributed by atoms with Gasteiger partial charge in [-0.05, 0) is 13.3 Å². The summed E-state index contributed by atoms with van der Waals surface area (Å²) in [5.74, 6) is 0. The van der Waals surface area contributed by atoms with Crippen LogP contribution in [0.2, 0.25) is 0 Å². The van der Waals surface area contributed by atoms with Crippen molar-refractivity contribution in [3.8, 4) is 6.07 Å². The SMILES string of the molecule is C[C@]1(C#N)CC1(Br)Br. The Labute approximate surface area is 65.3 Å². The van der Waals surface area contributed by atoms with Crippen molar-refractivity contribution >= 4 is 31.9 Å². The van der Waals surface area contributed by atoms with E-state index in [2.05, 4.69) is 37.9 Å². The van der Waals surface area contributed by atoms with Crippen LogP contribution in [-0.2, 0) is 0 Å². The first-order valence-electron chi connectivity index (χ1n) is 2.31. The molecule has 0 radical (unpaired) electrons. The summed E-state index contributed by atoms with van der Waals surface area (Å²) >= 11 is 6.73. The summed E-state index contributed by atoms with van der Waals surface area (Å²) in [6.07, 6.45) is 0.899. The van der Waals surface area contributed by atoms with Crippen molar-refractivity contribution in [1.82, 2.24) is 0 Å². The van der Waals surface area contributed by atoms with Gasteiger partial charge in [-0.15, -0.1) is 0 Å². The van der Waals surface area contributed by atoms with E-state index < -0.39 is 0 Å². The summed E-state index contributed by atoms with van der Waals surface area (Å²) in [6.45, 7) is 1.93. The van der Waals surface area contributed by atoms with E-state index in [1.165, 1.54) is 0 Å². The topological polar surface area (TPSA) is 23.8 Å². The average Bonchev–Trinajstić information content (AvgIpc) is 2.10. The van der Waals surface area contributed by atoms with Crippen molar-refractivity contribution in [3.63, 3.8) is 0 Å². The van der Waals surface area contributed by atoms with Crippen LogP contribution in [0.25, 0.3) is 0 Å². The lowest BCUT2D eigenvalue weighted by molar-refractivity contribution is 0.766. The highest BCUT2D eigenvalue weighted by Gasteiger charge is 2.62. The molecule has 0 N–H and O–H groups in total. The van der Waals surface area contributed by atoms with Gasteiger partial charge in [0, 0.05) is 0 Å². The molecule has 1 saturated carbocycles. The molecule has 0 aromatic carbocycles. The van der Waals surface area contributed by atoms with Crippen LogP contribution in [0.1, 0.15) is 13.3 Å². The summed E-state index contributed by atoms with van der Waals surface area (Å²) in [7, 11) is 0. The number of rotatable bonds is 0. The molecule has 44 valence electrons. The first-order chi connectivity index (χ1) is 3.52. The monoisotopic (exact) mass is 237 g/mol. The molecule has 3 heteroatoms. The largest absolute Gasteiger partial charge is 0.198 e. The van der Waals surface area contributed by atoms with Gasteiger partial charge in [-0.3, -0.25) is 0 Å². The number of alkyl halides is 2. The second kappa shape index (κ2) is 1.48. The van der Waals surface area contributed by atoms with E-state index in [9.17, 15) is 0 Å². The van der Waals surface area contributed by atoms with E-state index in [1.54, 1.807) is 0 Å². The standard InChI is InChI=1S/C5H5Br2N/c1-4(3-8)2-5(4,6)7/h2H2,1H3/t4-/m1/s1. The van der Waals surface area contributed by atoms with E-state index in [1.807, 2.05) is 6.92 Å². The Bertz CT molecular complexity index is 158. The highest BCUT2D eigenvalue weighted by Crippen LogP contribution is 2.65. The van der Waals surface area contributed by atoms with E-state index in [0.717, 1.165) is 6.42 Å². The van der Waals surface area contributed by atoms with Gasteiger partial charge < -0.3 is 0 Å². The van der Waals surface area contributed by atoms with Crippen molar-refractivity contribution < 1.29 is 0 Å². The summed E-state index contributed by atoms with van der Waals surface area (Å²) < 4.78 is -0.0816. The molecule has 1 fully saturated rings. The van der Waals surface area contributed by atoms with Crippen LogP contribution in [-0.4, -0.2) is 3.23 Å². The highest BCUT2D eigenvalue weighted by atomic mass is 79.9. The maximum atomic E-state index is 8.49. The van der Waals surface area contributed by atoms with E-state index in [-0.39, 0.29) is 8.65 Å². The Morgan fingerprint density at radius 2 is 2.00 bits per heavy atom. The fourth-order valence-corrected chi connectivity index (χ4v) is 1.82. The van der Waals surface area contributed by atoms with Crippen molar-refractivity contribution in [1.29, 1.82) is 5.26 Å². The van der Waals surface area contributed by atoms with E-state index in [4.69, 9.17) is 5.26 Å². The molecule has 8 heavy (non-hydrogen) atoms. The Morgan fingerprint density at radius 1 is 1.62 bits per heavy atom. The molecule has 0 heterocycles. The van der Waals surface area contributed by atoms with Gasteiger partial charge in [0.15, 0.2) is 0 Å². The number of halogens is 2. The Hall–Kier alpha value is 0.450. The number of nitriles is 1. The first kappa shape index (κ1) is 6.57. The van der Waals surface area contributed by atoms with Gasteiger partial charge in [-0.25, -0.2) is 0 Å². The second-order valence-electron chi connectivity index (χ2n) is 2.33. The van der Waals surface area contributed by atoms with Crippen LogP contribution < -0.4 is 0 Å². The summed E-state index contributed by atoms with van der Waals surface area (Å²) in [5.41, 5.74) is -0.174. The molecule has 0 bridgehead atoms. The minimum Gasteiger partial charge on any atom is -0.198 e. The maximum Gasteiger partial charge on any atom is 0.100 e. The lowest BCUT2D eigenvalue weighted by Gasteiger charge is -1.97. The third-order valence-corrected chi connectivity index (χ3v) is 3.82. The summed E-state index contributed by atoms with van der Waals surface area (Å²) in [5, 5.41) is 8.49. The lowest BCUT2D eigenvalue weighted by atomic mass is 10.2. The van der Waals surface area contributed by atoms with Crippen molar-refractivity contribution in [2.24, 2.45) is 5.41 Å². The van der Waals surface area contributed by atoms with Gasteiger partial charge >= 0.3 is 0 Å². The van der Waals surface area contributed by atoms with Crippen LogP contribution in [0.3, 0.4) is 0 Å². The molecule has 1 aliphatic carbocycles. The molecular weight excluding hydrogens is 234 g/mol. The molecule has 0 aliphatic heterocycles. The molecule has 0 spiro atoms. The second-order valence-corrected chi connectivity index (χ2v) is 6.10. The quantitative estimate of drug-likeness (QED) is 0.595. The Kier molecular flexibility index (Phi) is 1.22. The zero-order valence-electron chi connectivity index (χ0n) is 4.41.